The van der Waals surface area contributed by atoms with Crippen LogP contribution < -0.4 is 0 Å². The van der Waals surface area contributed by atoms with E-state index in [1.54, 1.807) is 11.3 Å². The van der Waals surface area contributed by atoms with Crippen molar-refractivity contribution in [3.05, 3.63) is 71.8 Å². The summed E-state index contributed by atoms with van der Waals surface area (Å²) in [5.74, 6) is 0. The van der Waals surface area contributed by atoms with Crippen molar-refractivity contribution in [3.8, 4) is 11.1 Å². The van der Waals surface area contributed by atoms with E-state index >= 15 is 0 Å². The van der Waals surface area contributed by atoms with Crippen LogP contribution in [0, 0.1) is 0 Å². The number of aliphatic hydroxyl groups is 2. The van der Waals surface area contributed by atoms with Crippen molar-refractivity contribution in [3.63, 3.8) is 0 Å². The molecule has 1 aromatic heterocycles. The molecule has 5 rings (SSSR count). The van der Waals surface area contributed by atoms with E-state index in [0.29, 0.717) is 0 Å². The summed E-state index contributed by atoms with van der Waals surface area (Å²) < 4.78 is 2.46. The zero-order valence-electron chi connectivity index (χ0n) is 12.2. The summed E-state index contributed by atoms with van der Waals surface area (Å²) in [4.78, 5) is 0. The molecule has 112 valence electrons. The van der Waals surface area contributed by atoms with E-state index in [1.165, 1.54) is 14.8 Å². The molecule has 4 aromatic rings. The smallest absolute Gasteiger partial charge is 0.110 e. The Morgan fingerprint density at radius 2 is 1.39 bits per heavy atom. The van der Waals surface area contributed by atoms with E-state index < -0.39 is 12.2 Å². The van der Waals surface area contributed by atoms with Crippen LogP contribution in [-0.2, 0) is 0 Å². The van der Waals surface area contributed by atoms with Gasteiger partial charge in [-0.1, -0.05) is 42.5 Å². The Balaban J connectivity index is 1.91. The van der Waals surface area contributed by atoms with Gasteiger partial charge in [0, 0.05) is 20.2 Å². The summed E-state index contributed by atoms with van der Waals surface area (Å²) in [5.41, 5.74) is 3.65. The first-order chi connectivity index (χ1) is 11.2. The molecule has 2 nitrogen and oxygen atoms in total. The van der Waals surface area contributed by atoms with Crippen molar-refractivity contribution in [2.24, 2.45) is 0 Å². The van der Waals surface area contributed by atoms with Crippen LogP contribution in [0.5, 0.6) is 0 Å². The zero-order valence-corrected chi connectivity index (χ0v) is 13.0. The van der Waals surface area contributed by atoms with Gasteiger partial charge >= 0.3 is 0 Å². The number of thiophene rings is 1. The van der Waals surface area contributed by atoms with Gasteiger partial charge in [0.25, 0.3) is 0 Å². The van der Waals surface area contributed by atoms with E-state index in [0.717, 1.165) is 27.6 Å². The first-order valence-corrected chi connectivity index (χ1v) is 8.46. The number of aliphatic hydroxyl groups excluding tert-OH is 2. The molecule has 0 unspecified atom stereocenters. The molecular weight excluding hydrogens is 304 g/mol. The molecule has 1 aliphatic rings. The molecule has 1 aliphatic carbocycles. The molecule has 0 bridgehead atoms. The number of fused-ring (bicyclic) bond motifs is 6. The first kappa shape index (κ1) is 13.3. The SMILES string of the molecule is O[C@@H]1c2ccccc2-c2cc3sc4ccccc4c3cc2[C@@H]1O. The van der Waals surface area contributed by atoms with Crippen LogP contribution in [0.1, 0.15) is 23.3 Å². The Kier molecular flexibility index (Phi) is 2.68. The third-order valence-electron chi connectivity index (χ3n) is 4.74. The number of hydrogen-bond donors (Lipinski definition) is 2. The van der Waals surface area contributed by atoms with Gasteiger partial charge in [-0.25, -0.2) is 0 Å². The highest BCUT2D eigenvalue weighted by atomic mass is 32.1. The molecule has 0 radical (unpaired) electrons. The van der Waals surface area contributed by atoms with Gasteiger partial charge in [0.15, 0.2) is 0 Å². The van der Waals surface area contributed by atoms with Crippen molar-refractivity contribution < 1.29 is 10.2 Å². The quantitative estimate of drug-likeness (QED) is 0.489. The highest BCUT2D eigenvalue weighted by Crippen LogP contribution is 2.47. The van der Waals surface area contributed by atoms with E-state index in [-0.39, 0.29) is 0 Å². The molecule has 0 saturated heterocycles. The van der Waals surface area contributed by atoms with Gasteiger partial charge < -0.3 is 10.2 Å². The van der Waals surface area contributed by atoms with Crippen LogP contribution in [0.25, 0.3) is 31.3 Å². The van der Waals surface area contributed by atoms with Gasteiger partial charge in [0.1, 0.15) is 12.2 Å². The van der Waals surface area contributed by atoms with Crippen LogP contribution in [0.4, 0.5) is 0 Å². The zero-order chi connectivity index (χ0) is 15.6. The Labute approximate surface area is 137 Å². The van der Waals surface area contributed by atoms with Crippen molar-refractivity contribution in [1.82, 2.24) is 0 Å². The fourth-order valence-corrected chi connectivity index (χ4v) is 4.73. The normalized spacial score (nSPS) is 19.7. The maximum Gasteiger partial charge on any atom is 0.110 e. The van der Waals surface area contributed by atoms with Crippen molar-refractivity contribution in [2.45, 2.75) is 12.2 Å². The number of rotatable bonds is 0. The second kappa shape index (κ2) is 4.65. The van der Waals surface area contributed by atoms with Crippen LogP contribution >= 0.6 is 11.3 Å². The molecular formula is C20H14O2S. The second-order valence-corrected chi connectivity index (χ2v) is 7.09. The maximum atomic E-state index is 10.6. The van der Waals surface area contributed by atoms with Gasteiger partial charge in [-0.3, -0.25) is 0 Å². The predicted molar refractivity (Wildman–Crippen MR) is 94.7 cm³/mol. The molecule has 0 spiro atoms. The average molecular weight is 318 g/mol. The molecule has 0 amide bonds. The van der Waals surface area contributed by atoms with Gasteiger partial charge in [-0.15, -0.1) is 11.3 Å². The Hall–Kier alpha value is -2.20. The van der Waals surface area contributed by atoms with Gasteiger partial charge in [-0.05, 0) is 40.5 Å². The lowest BCUT2D eigenvalue weighted by Crippen LogP contribution is -2.17. The van der Waals surface area contributed by atoms with Gasteiger partial charge in [0.2, 0.25) is 0 Å². The van der Waals surface area contributed by atoms with Crippen LogP contribution in [0.3, 0.4) is 0 Å². The molecule has 2 N–H and O–H groups in total. The maximum absolute atomic E-state index is 10.6. The van der Waals surface area contributed by atoms with Crippen molar-refractivity contribution >= 4 is 31.5 Å². The fourth-order valence-electron chi connectivity index (χ4n) is 3.61. The lowest BCUT2D eigenvalue weighted by atomic mass is 9.81. The third-order valence-corrected chi connectivity index (χ3v) is 5.87. The minimum absolute atomic E-state index is 0.799. The van der Waals surface area contributed by atoms with Crippen molar-refractivity contribution in [2.75, 3.05) is 0 Å². The lowest BCUT2D eigenvalue weighted by Gasteiger charge is -2.29. The summed E-state index contributed by atoms with van der Waals surface area (Å²) in [6, 6.07) is 20.3. The third kappa shape index (κ3) is 1.75. The van der Waals surface area contributed by atoms with E-state index in [1.807, 2.05) is 42.5 Å². The van der Waals surface area contributed by atoms with Gasteiger partial charge in [-0.2, -0.15) is 0 Å². The highest BCUT2D eigenvalue weighted by Gasteiger charge is 2.31. The number of benzene rings is 3. The standard InChI is InChI=1S/C20H14O2S/c21-19-13-7-2-1-5-11(13)14-10-18-15(9-16(14)20(19)22)12-6-3-4-8-17(12)23-18/h1-10,19-22H/t19-,20+/m1/s1. The largest absolute Gasteiger partial charge is 0.385 e. The highest BCUT2D eigenvalue weighted by molar-refractivity contribution is 7.25. The topological polar surface area (TPSA) is 40.5 Å². The minimum Gasteiger partial charge on any atom is -0.385 e. The Bertz CT molecular complexity index is 1060. The molecule has 0 aliphatic heterocycles. The van der Waals surface area contributed by atoms with Crippen LogP contribution in [-0.4, -0.2) is 10.2 Å². The summed E-state index contributed by atoms with van der Waals surface area (Å²) in [5, 5.41) is 23.4. The number of hydrogen-bond acceptors (Lipinski definition) is 3. The second-order valence-electron chi connectivity index (χ2n) is 6.01. The summed E-state index contributed by atoms with van der Waals surface area (Å²) in [6.45, 7) is 0. The van der Waals surface area contributed by atoms with Crippen LogP contribution in [0.15, 0.2) is 60.7 Å². The Morgan fingerprint density at radius 1 is 0.652 bits per heavy atom. The fraction of sp³-hybridized carbons (Fsp3) is 0.100. The predicted octanol–water partition coefficient (Wildman–Crippen LogP) is 4.80. The minimum atomic E-state index is -0.886. The summed E-state index contributed by atoms with van der Waals surface area (Å²) in [6.07, 6.45) is -1.76. The molecule has 2 atom stereocenters. The first-order valence-electron chi connectivity index (χ1n) is 7.64. The van der Waals surface area contributed by atoms with E-state index in [9.17, 15) is 10.2 Å². The summed E-state index contributed by atoms with van der Waals surface area (Å²) in [7, 11) is 0. The molecule has 0 fully saturated rings. The molecule has 1 heterocycles. The van der Waals surface area contributed by atoms with Crippen molar-refractivity contribution in [1.29, 1.82) is 0 Å². The lowest BCUT2D eigenvalue weighted by molar-refractivity contribution is 0.0159. The molecule has 23 heavy (non-hydrogen) atoms. The molecule has 3 heteroatoms. The molecule has 0 saturated carbocycles. The van der Waals surface area contributed by atoms with E-state index in [2.05, 4.69) is 18.2 Å². The van der Waals surface area contributed by atoms with E-state index in [4.69, 9.17) is 0 Å². The molecule has 3 aromatic carbocycles. The monoisotopic (exact) mass is 318 g/mol. The summed E-state index contributed by atoms with van der Waals surface area (Å²) >= 11 is 1.77. The van der Waals surface area contributed by atoms with Crippen LogP contribution in [0.2, 0.25) is 0 Å². The van der Waals surface area contributed by atoms with Gasteiger partial charge in [0.05, 0.1) is 0 Å². The Morgan fingerprint density at radius 3 is 2.30 bits per heavy atom. The average Bonchev–Trinajstić information content (AvgIpc) is 2.96.